The maximum absolute atomic E-state index is 4.75. The summed E-state index contributed by atoms with van der Waals surface area (Å²) >= 11 is 1.74. The number of rotatable bonds is 3. The summed E-state index contributed by atoms with van der Waals surface area (Å²) < 4.78 is 0. The van der Waals surface area contributed by atoms with Gasteiger partial charge in [0.05, 0.1) is 12.3 Å². The number of thioether (sulfide) groups is 1. The zero-order valence-corrected chi connectivity index (χ0v) is 14.9. The van der Waals surface area contributed by atoms with E-state index in [4.69, 9.17) is 10.1 Å². The molecular weight excluding hydrogens is 326 g/mol. The van der Waals surface area contributed by atoms with Crippen LogP contribution in [-0.2, 0) is 6.54 Å². The smallest absolute Gasteiger partial charge is 0.180 e. The van der Waals surface area contributed by atoms with Crippen molar-refractivity contribution in [3.63, 3.8) is 0 Å². The van der Waals surface area contributed by atoms with Crippen LogP contribution in [0.5, 0.6) is 0 Å². The second kappa shape index (κ2) is 7.11. The Morgan fingerprint density at radius 2 is 1.72 bits per heavy atom. The van der Waals surface area contributed by atoms with Crippen molar-refractivity contribution in [3.8, 4) is 0 Å². The van der Waals surface area contributed by atoms with Crippen molar-refractivity contribution in [3.05, 3.63) is 83.9 Å². The fourth-order valence-electron chi connectivity index (χ4n) is 2.88. The first kappa shape index (κ1) is 15.9. The Morgan fingerprint density at radius 3 is 2.52 bits per heavy atom. The predicted octanol–water partition coefficient (Wildman–Crippen LogP) is 4.78. The topological polar surface area (TPSA) is 28.0 Å². The molecule has 0 atom stereocenters. The molecule has 0 radical (unpaired) electrons. The Hall–Kier alpha value is -2.59. The lowest BCUT2D eigenvalue weighted by molar-refractivity contribution is 0.550. The van der Waals surface area contributed by atoms with Crippen LogP contribution in [0.15, 0.2) is 82.9 Å². The van der Waals surface area contributed by atoms with E-state index in [1.165, 1.54) is 21.9 Å². The first-order valence-electron chi connectivity index (χ1n) is 8.31. The van der Waals surface area contributed by atoms with Gasteiger partial charge in [-0.15, -0.1) is 0 Å². The quantitative estimate of drug-likeness (QED) is 0.683. The zero-order valence-electron chi connectivity index (χ0n) is 14.1. The molecule has 0 unspecified atom stereocenters. The van der Waals surface area contributed by atoms with Gasteiger partial charge in [-0.05, 0) is 28.0 Å². The molecule has 0 saturated carbocycles. The molecular formula is C21H19N3S. The van der Waals surface area contributed by atoms with E-state index in [1.54, 1.807) is 11.8 Å². The van der Waals surface area contributed by atoms with Gasteiger partial charge in [0.1, 0.15) is 0 Å². The van der Waals surface area contributed by atoms with E-state index in [0.29, 0.717) is 6.54 Å². The Bertz CT molecular complexity index is 948. The van der Waals surface area contributed by atoms with E-state index in [9.17, 15) is 0 Å². The van der Waals surface area contributed by atoms with Crippen LogP contribution in [0.4, 0.5) is 0 Å². The van der Waals surface area contributed by atoms with Gasteiger partial charge in [-0.2, -0.15) is 5.10 Å². The first-order chi connectivity index (χ1) is 12.3. The van der Waals surface area contributed by atoms with E-state index in [2.05, 4.69) is 54.6 Å². The second-order valence-electron chi connectivity index (χ2n) is 6.01. The Balaban J connectivity index is 1.54. The molecule has 0 fully saturated rings. The maximum Gasteiger partial charge on any atom is 0.180 e. The van der Waals surface area contributed by atoms with Gasteiger partial charge in [-0.25, -0.2) is 5.01 Å². The monoisotopic (exact) mass is 345 g/mol. The minimum atomic E-state index is 0.689. The molecule has 3 nitrogen and oxygen atoms in total. The van der Waals surface area contributed by atoms with Crippen molar-refractivity contribution in [2.45, 2.75) is 6.54 Å². The van der Waals surface area contributed by atoms with Crippen molar-refractivity contribution in [1.82, 2.24) is 5.01 Å². The van der Waals surface area contributed by atoms with E-state index >= 15 is 0 Å². The highest BCUT2D eigenvalue weighted by atomic mass is 32.2. The highest BCUT2D eigenvalue weighted by molar-refractivity contribution is 8.14. The second-order valence-corrected chi connectivity index (χ2v) is 6.95. The van der Waals surface area contributed by atoms with Crippen molar-refractivity contribution in [2.24, 2.45) is 10.1 Å². The van der Waals surface area contributed by atoms with Crippen molar-refractivity contribution in [1.29, 1.82) is 0 Å². The maximum atomic E-state index is 4.75. The third-order valence-electron chi connectivity index (χ3n) is 4.21. The molecule has 3 aromatic rings. The third kappa shape index (κ3) is 3.59. The molecule has 0 saturated heterocycles. The molecule has 124 valence electrons. The molecule has 4 rings (SSSR count). The van der Waals surface area contributed by atoms with Crippen LogP contribution in [0.2, 0.25) is 0 Å². The summed E-state index contributed by atoms with van der Waals surface area (Å²) in [4.78, 5) is 4.71. The molecule has 0 amide bonds. The molecule has 1 aliphatic rings. The first-order valence-corrected chi connectivity index (χ1v) is 9.30. The van der Waals surface area contributed by atoms with Crippen molar-refractivity contribution in [2.75, 3.05) is 12.8 Å². The van der Waals surface area contributed by atoms with Gasteiger partial charge in [-0.1, -0.05) is 78.5 Å². The van der Waals surface area contributed by atoms with Crippen LogP contribution in [0, 0.1) is 0 Å². The lowest BCUT2D eigenvalue weighted by Gasteiger charge is -2.23. The van der Waals surface area contributed by atoms with Gasteiger partial charge in [0.25, 0.3) is 0 Å². The summed E-state index contributed by atoms with van der Waals surface area (Å²) in [5, 5.41) is 10.1. The highest BCUT2D eigenvalue weighted by Crippen LogP contribution is 2.22. The molecule has 0 aromatic heterocycles. The van der Waals surface area contributed by atoms with Crippen LogP contribution < -0.4 is 0 Å². The molecule has 1 aliphatic heterocycles. The van der Waals surface area contributed by atoms with E-state index in [0.717, 1.165) is 16.6 Å². The molecule has 4 heteroatoms. The average Bonchev–Trinajstić information content (AvgIpc) is 2.67. The number of hydrogen-bond donors (Lipinski definition) is 0. The summed E-state index contributed by atoms with van der Waals surface area (Å²) in [6.45, 7) is 0.689. The Morgan fingerprint density at radius 1 is 0.960 bits per heavy atom. The number of hydrazone groups is 1. The fourth-order valence-corrected chi connectivity index (χ4v) is 3.75. The minimum absolute atomic E-state index is 0.689. The van der Waals surface area contributed by atoms with Gasteiger partial charge >= 0.3 is 0 Å². The predicted molar refractivity (Wildman–Crippen MR) is 108 cm³/mol. The van der Waals surface area contributed by atoms with Gasteiger partial charge in [0, 0.05) is 12.8 Å². The van der Waals surface area contributed by atoms with Crippen molar-refractivity contribution >= 4 is 33.4 Å². The summed E-state index contributed by atoms with van der Waals surface area (Å²) in [5.41, 5.74) is 3.49. The van der Waals surface area contributed by atoms with Crippen LogP contribution in [-0.4, -0.2) is 28.7 Å². The summed E-state index contributed by atoms with van der Waals surface area (Å²) in [5.74, 6) is 0.844. The third-order valence-corrected chi connectivity index (χ3v) is 5.28. The molecule has 3 aromatic carbocycles. The molecule has 25 heavy (non-hydrogen) atoms. The normalized spacial score (nSPS) is 16.3. The SMILES string of the molecule is CN1N=C(c2ccc3ccccc3c2)CSC1=NCc1ccccc1. The number of aliphatic imine (C=N–C) groups is 1. The molecule has 1 heterocycles. The molecule has 0 bridgehead atoms. The number of benzene rings is 3. The number of fused-ring (bicyclic) bond motifs is 1. The summed E-state index contributed by atoms with van der Waals surface area (Å²) in [7, 11) is 1.97. The summed E-state index contributed by atoms with van der Waals surface area (Å²) in [6.07, 6.45) is 0. The van der Waals surface area contributed by atoms with Gasteiger partial charge in [0.15, 0.2) is 5.17 Å². The lowest BCUT2D eigenvalue weighted by Crippen LogP contribution is -2.27. The van der Waals surface area contributed by atoms with Gasteiger partial charge < -0.3 is 0 Å². The Kier molecular flexibility index (Phi) is 4.53. The standard InChI is InChI=1S/C21H19N3S/c1-24-21(22-14-16-7-3-2-4-8-16)25-15-20(23-24)19-12-11-17-9-5-6-10-18(17)13-19/h2-13H,14-15H2,1H3. The lowest BCUT2D eigenvalue weighted by atomic mass is 10.0. The van der Waals surface area contributed by atoms with Gasteiger partial charge in [-0.3, -0.25) is 4.99 Å². The van der Waals surface area contributed by atoms with Crippen molar-refractivity contribution < 1.29 is 0 Å². The number of hydrogen-bond acceptors (Lipinski definition) is 3. The highest BCUT2D eigenvalue weighted by Gasteiger charge is 2.17. The molecule has 0 spiro atoms. The molecule has 0 aliphatic carbocycles. The number of nitrogens with zero attached hydrogens (tertiary/aromatic N) is 3. The van der Waals surface area contributed by atoms with Crippen LogP contribution in [0.1, 0.15) is 11.1 Å². The molecule has 0 N–H and O–H groups in total. The van der Waals surface area contributed by atoms with E-state index in [1.807, 2.05) is 30.3 Å². The van der Waals surface area contributed by atoms with E-state index < -0.39 is 0 Å². The number of amidine groups is 1. The largest absolute Gasteiger partial charge is 0.256 e. The summed E-state index contributed by atoms with van der Waals surface area (Å²) in [6, 6.07) is 25.3. The van der Waals surface area contributed by atoms with E-state index in [-0.39, 0.29) is 0 Å². The fraction of sp³-hybridized carbons (Fsp3) is 0.143. The van der Waals surface area contributed by atoms with Crippen LogP contribution in [0.25, 0.3) is 10.8 Å². The Labute approximate surface area is 152 Å². The van der Waals surface area contributed by atoms with Crippen LogP contribution >= 0.6 is 11.8 Å². The zero-order chi connectivity index (χ0) is 17.1. The average molecular weight is 345 g/mol. The minimum Gasteiger partial charge on any atom is -0.256 e. The van der Waals surface area contributed by atoms with Crippen LogP contribution in [0.3, 0.4) is 0 Å². The van der Waals surface area contributed by atoms with Gasteiger partial charge in [0.2, 0.25) is 0 Å².